The first-order valence-electron chi connectivity index (χ1n) is 12.8. The van der Waals surface area contributed by atoms with Crippen LogP contribution >= 0.6 is 11.3 Å². The van der Waals surface area contributed by atoms with E-state index in [4.69, 9.17) is 8.83 Å². The highest BCUT2D eigenvalue weighted by atomic mass is 32.1. The van der Waals surface area contributed by atoms with Crippen molar-refractivity contribution in [3.8, 4) is 22.9 Å². The predicted molar refractivity (Wildman–Crippen MR) is 143 cm³/mol. The van der Waals surface area contributed by atoms with E-state index in [1.165, 1.54) is 18.4 Å². The van der Waals surface area contributed by atoms with Crippen molar-refractivity contribution in [1.29, 1.82) is 0 Å². The molecule has 1 amide bonds. The number of hydrogen-bond donors (Lipinski definition) is 0. The van der Waals surface area contributed by atoms with E-state index in [9.17, 15) is 9.18 Å². The Bertz CT molecular complexity index is 1590. The van der Waals surface area contributed by atoms with Gasteiger partial charge in [0.2, 0.25) is 17.7 Å². The molecule has 0 saturated heterocycles. The minimum absolute atomic E-state index is 0.0835. The summed E-state index contributed by atoms with van der Waals surface area (Å²) in [5.74, 6) is 0.701. The van der Waals surface area contributed by atoms with Gasteiger partial charge in [-0.15, -0.1) is 21.5 Å². The Kier molecular flexibility index (Phi) is 6.78. The van der Waals surface area contributed by atoms with Gasteiger partial charge in [-0.05, 0) is 62.1 Å². The number of hydrogen-bond acceptors (Lipinski definition) is 8. The second kappa shape index (κ2) is 10.5. The van der Waals surface area contributed by atoms with Gasteiger partial charge < -0.3 is 13.7 Å². The molecular formula is C29H26FN5O3S. The predicted octanol–water partition coefficient (Wildman–Crippen LogP) is 6.45. The second-order valence-corrected chi connectivity index (χ2v) is 10.8. The zero-order chi connectivity index (χ0) is 26.9. The van der Waals surface area contributed by atoms with Gasteiger partial charge in [0.15, 0.2) is 0 Å². The second-order valence-electron chi connectivity index (χ2n) is 9.86. The molecule has 0 radical (unpaired) electrons. The summed E-state index contributed by atoms with van der Waals surface area (Å²) in [6.45, 7) is 4.40. The SMILES string of the molecule is Cc1csc(CN(C(=O)c2cc(-c3ncco3)cc(-c3nnc([C@@H](C)Cc4ccc(F)cc4)o3)c2)C2CC2)n1. The van der Waals surface area contributed by atoms with Gasteiger partial charge in [-0.2, -0.15) is 0 Å². The van der Waals surface area contributed by atoms with Crippen molar-refractivity contribution in [2.45, 2.75) is 51.6 Å². The minimum atomic E-state index is -0.273. The maximum Gasteiger partial charge on any atom is 0.254 e. The molecule has 6 rings (SSSR count). The summed E-state index contributed by atoms with van der Waals surface area (Å²) in [7, 11) is 0. The highest BCUT2D eigenvalue weighted by Gasteiger charge is 2.34. The Labute approximate surface area is 228 Å². The zero-order valence-corrected chi connectivity index (χ0v) is 22.3. The van der Waals surface area contributed by atoms with Crippen LogP contribution < -0.4 is 0 Å². The fraction of sp³-hybridized carbons (Fsp3) is 0.276. The average molecular weight is 544 g/mol. The molecule has 5 aromatic rings. The number of benzene rings is 2. The summed E-state index contributed by atoms with van der Waals surface area (Å²) < 4.78 is 24.9. The van der Waals surface area contributed by atoms with Crippen LogP contribution in [0.4, 0.5) is 4.39 Å². The van der Waals surface area contributed by atoms with Gasteiger partial charge in [-0.1, -0.05) is 19.1 Å². The molecule has 1 fully saturated rings. The Morgan fingerprint density at radius 1 is 1.13 bits per heavy atom. The summed E-state index contributed by atoms with van der Waals surface area (Å²) in [5.41, 5.74) is 3.65. The maximum absolute atomic E-state index is 13.8. The van der Waals surface area contributed by atoms with Gasteiger partial charge in [0, 0.05) is 39.7 Å². The number of carbonyl (C=O) groups excluding carboxylic acids is 1. The van der Waals surface area contributed by atoms with Gasteiger partial charge in [0.25, 0.3) is 5.91 Å². The monoisotopic (exact) mass is 543 g/mol. The lowest BCUT2D eigenvalue weighted by Gasteiger charge is -2.22. The molecule has 1 saturated carbocycles. The molecule has 10 heteroatoms. The van der Waals surface area contributed by atoms with E-state index in [2.05, 4.69) is 20.2 Å². The van der Waals surface area contributed by atoms with Crippen LogP contribution in [-0.4, -0.2) is 37.0 Å². The molecule has 0 spiro atoms. The van der Waals surface area contributed by atoms with Crippen molar-refractivity contribution in [2.24, 2.45) is 0 Å². The largest absolute Gasteiger partial charge is 0.445 e. The van der Waals surface area contributed by atoms with E-state index in [-0.39, 0.29) is 23.7 Å². The minimum Gasteiger partial charge on any atom is -0.445 e. The van der Waals surface area contributed by atoms with E-state index >= 15 is 0 Å². The van der Waals surface area contributed by atoms with Crippen molar-refractivity contribution in [1.82, 2.24) is 25.1 Å². The van der Waals surface area contributed by atoms with Crippen LogP contribution in [0.1, 0.15) is 58.2 Å². The van der Waals surface area contributed by atoms with Crippen LogP contribution in [0, 0.1) is 12.7 Å². The van der Waals surface area contributed by atoms with Gasteiger partial charge >= 0.3 is 0 Å². The number of nitrogens with zero attached hydrogens (tertiary/aromatic N) is 5. The number of oxazole rings is 1. The molecule has 0 N–H and O–H groups in total. The molecule has 3 heterocycles. The van der Waals surface area contributed by atoms with Gasteiger partial charge in [-0.25, -0.2) is 14.4 Å². The standard InChI is InChI=1S/C29H26FN5O3S/c1-17(11-19-3-5-23(30)6-4-19)26-33-34-28(38-26)21-12-20(27-31-9-10-37-27)13-22(14-21)29(36)35(24-7-8-24)15-25-32-18(2)16-39-25/h3-6,9-10,12-14,16-17,24H,7-8,11,15H2,1-2H3/t17-/m0/s1. The molecule has 0 aliphatic heterocycles. The third kappa shape index (κ3) is 5.65. The third-order valence-corrected chi connectivity index (χ3v) is 7.60. The number of rotatable bonds is 9. The van der Waals surface area contributed by atoms with E-state index in [0.717, 1.165) is 29.1 Å². The molecule has 3 aromatic heterocycles. The number of carbonyl (C=O) groups is 1. The maximum atomic E-state index is 13.8. The van der Waals surface area contributed by atoms with Crippen molar-refractivity contribution in [2.75, 3.05) is 0 Å². The first kappa shape index (κ1) is 25.1. The first-order chi connectivity index (χ1) is 18.9. The molecule has 1 atom stereocenters. The summed E-state index contributed by atoms with van der Waals surface area (Å²) in [6, 6.07) is 12.0. The summed E-state index contributed by atoms with van der Waals surface area (Å²) in [4.78, 5) is 24.6. The summed E-state index contributed by atoms with van der Waals surface area (Å²) in [5, 5.41) is 11.5. The van der Waals surface area contributed by atoms with E-state index in [1.807, 2.05) is 30.2 Å². The van der Waals surface area contributed by atoms with Crippen molar-refractivity contribution < 1.29 is 18.0 Å². The molecule has 198 valence electrons. The Morgan fingerprint density at radius 3 is 2.56 bits per heavy atom. The number of halogens is 1. The molecule has 1 aliphatic carbocycles. The van der Waals surface area contributed by atoms with Gasteiger partial charge in [0.05, 0.1) is 12.7 Å². The van der Waals surface area contributed by atoms with Crippen molar-refractivity contribution >= 4 is 17.2 Å². The highest BCUT2D eigenvalue weighted by Crippen LogP contribution is 2.33. The molecule has 39 heavy (non-hydrogen) atoms. The molecule has 0 bridgehead atoms. The topological polar surface area (TPSA) is 98.2 Å². The Hall–Kier alpha value is -4.18. The van der Waals surface area contributed by atoms with Crippen molar-refractivity contribution in [3.63, 3.8) is 0 Å². The summed E-state index contributed by atoms with van der Waals surface area (Å²) >= 11 is 1.56. The molecular weight excluding hydrogens is 517 g/mol. The normalized spacial score (nSPS) is 13.9. The van der Waals surface area contributed by atoms with Crippen LogP contribution in [-0.2, 0) is 13.0 Å². The van der Waals surface area contributed by atoms with Crippen LogP contribution in [0.25, 0.3) is 22.9 Å². The van der Waals surface area contributed by atoms with Crippen LogP contribution in [0.5, 0.6) is 0 Å². The number of aromatic nitrogens is 4. The molecule has 1 aliphatic rings. The Morgan fingerprint density at radius 2 is 1.90 bits per heavy atom. The highest BCUT2D eigenvalue weighted by molar-refractivity contribution is 7.09. The van der Waals surface area contributed by atoms with E-state index < -0.39 is 0 Å². The van der Waals surface area contributed by atoms with Crippen LogP contribution in [0.2, 0.25) is 0 Å². The van der Waals surface area contributed by atoms with E-state index in [0.29, 0.717) is 47.3 Å². The summed E-state index contributed by atoms with van der Waals surface area (Å²) in [6.07, 6.45) is 5.62. The van der Waals surface area contributed by atoms with E-state index in [1.54, 1.807) is 41.8 Å². The number of aryl methyl sites for hydroxylation is 1. The van der Waals surface area contributed by atoms with Gasteiger partial charge in [-0.3, -0.25) is 4.79 Å². The van der Waals surface area contributed by atoms with Gasteiger partial charge in [0.1, 0.15) is 17.1 Å². The Balaban J connectivity index is 1.31. The zero-order valence-electron chi connectivity index (χ0n) is 21.5. The lowest BCUT2D eigenvalue weighted by molar-refractivity contribution is 0.0730. The lowest BCUT2D eigenvalue weighted by atomic mass is 10.0. The number of thiazole rings is 1. The van der Waals surface area contributed by atoms with Crippen LogP contribution in [0.15, 0.2) is 69.1 Å². The fourth-order valence-corrected chi connectivity index (χ4v) is 5.29. The number of amides is 1. The average Bonchev–Trinajstić information content (AvgIpc) is 3.31. The molecule has 0 unspecified atom stereocenters. The van der Waals surface area contributed by atoms with Crippen LogP contribution in [0.3, 0.4) is 0 Å². The quantitative estimate of drug-likeness (QED) is 0.211. The third-order valence-electron chi connectivity index (χ3n) is 6.64. The smallest absolute Gasteiger partial charge is 0.254 e. The fourth-order valence-electron chi connectivity index (χ4n) is 4.52. The lowest BCUT2D eigenvalue weighted by Crippen LogP contribution is -2.32. The first-order valence-corrected chi connectivity index (χ1v) is 13.7. The molecule has 8 nitrogen and oxygen atoms in total. The molecule has 2 aromatic carbocycles. The van der Waals surface area contributed by atoms with Crippen molar-refractivity contribution in [3.05, 3.63) is 93.8 Å².